The Labute approximate surface area is 171 Å². The van der Waals surface area contributed by atoms with E-state index >= 15 is 0 Å². The second kappa shape index (κ2) is 7.35. The Morgan fingerprint density at radius 3 is 2.34 bits per heavy atom. The second-order valence-corrected chi connectivity index (χ2v) is 11.4. The SMILES string of the molecule is NC1CCC(S(=O)(=O)N2C3CCC2CC(NC(=O)c2cc(C4CC4)on2)C3)CC1. The molecule has 2 bridgehead atoms. The van der Waals surface area contributed by atoms with Gasteiger partial charge in [-0.15, -0.1) is 0 Å². The van der Waals surface area contributed by atoms with Crippen molar-refractivity contribution in [1.29, 1.82) is 0 Å². The molecule has 3 N–H and O–H groups in total. The molecule has 2 aliphatic carbocycles. The lowest BCUT2D eigenvalue weighted by molar-refractivity contribution is 0.0899. The minimum absolute atomic E-state index is 0.0148. The van der Waals surface area contributed by atoms with Crippen LogP contribution < -0.4 is 11.1 Å². The number of nitrogens with zero attached hydrogens (tertiary/aromatic N) is 2. The van der Waals surface area contributed by atoms with Gasteiger partial charge in [-0.1, -0.05) is 5.16 Å². The summed E-state index contributed by atoms with van der Waals surface area (Å²) in [6, 6.07) is 1.83. The Hall–Kier alpha value is -1.45. The number of hydrogen-bond donors (Lipinski definition) is 2. The van der Waals surface area contributed by atoms with Crippen molar-refractivity contribution in [3.63, 3.8) is 0 Å². The van der Waals surface area contributed by atoms with E-state index < -0.39 is 10.0 Å². The summed E-state index contributed by atoms with van der Waals surface area (Å²) in [5.41, 5.74) is 6.29. The predicted molar refractivity (Wildman–Crippen MR) is 107 cm³/mol. The highest BCUT2D eigenvalue weighted by molar-refractivity contribution is 7.89. The highest BCUT2D eigenvalue weighted by Gasteiger charge is 2.49. The summed E-state index contributed by atoms with van der Waals surface area (Å²) in [6.07, 6.45) is 8.17. The molecule has 5 rings (SSSR count). The molecule has 2 unspecified atom stereocenters. The van der Waals surface area contributed by atoms with Crippen LogP contribution in [0.3, 0.4) is 0 Å². The Balaban J connectivity index is 1.23. The van der Waals surface area contributed by atoms with Crippen LogP contribution in [0.25, 0.3) is 0 Å². The van der Waals surface area contributed by atoms with Gasteiger partial charge < -0.3 is 15.6 Å². The number of piperidine rings is 1. The van der Waals surface area contributed by atoms with Crippen LogP contribution >= 0.6 is 0 Å². The molecule has 2 atom stereocenters. The fourth-order valence-electron chi connectivity index (χ4n) is 5.44. The van der Waals surface area contributed by atoms with E-state index in [1.807, 2.05) is 0 Å². The number of carbonyl (C=O) groups excluding carboxylic acids is 1. The van der Waals surface area contributed by atoms with E-state index in [-0.39, 0.29) is 35.3 Å². The van der Waals surface area contributed by atoms with Gasteiger partial charge in [-0.25, -0.2) is 8.42 Å². The lowest BCUT2D eigenvalue weighted by atomic mass is 9.96. The lowest BCUT2D eigenvalue weighted by Gasteiger charge is -2.40. The first-order valence-corrected chi connectivity index (χ1v) is 12.5. The van der Waals surface area contributed by atoms with Crippen LogP contribution in [-0.4, -0.2) is 53.2 Å². The molecule has 2 saturated carbocycles. The van der Waals surface area contributed by atoms with Gasteiger partial charge in [0, 0.05) is 36.2 Å². The second-order valence-electron chi connectivity index (χ2n) is 9.33. The predicted octanol–water partition coefficient (Wildman–Crippen LogP) is 1.88. The quantitative estimate of drug-likeness (QED) is 0.748. The molecule has 9 heteroatoms. The minimum Gasteiger partial charge on any atom is -0.360 e. The summed E-state index contributed by atoms with van der Waals surface area (Å²) in [6.45, 7) is 0. The van der Waals surface area contributed by atoms with Crippen LogP contribution in [0.15, 0.2) is 10.6 Å². The molecule has 8 nitrogen and oxygen atoms in total. The van der Waals surface area contributed by atoms with Crippen molar-refractivity contribution in [2.45, 2.75) is 99.5 Å². The Morgan fingerprint density at radius 2 is 1.72 bits per heavy atom. The molecule has 2 aliphatic heterocycles. The maximum absolute atomic E-state index is 13.3. The van der Waals surface area contributed by atoms with Gasteiger partial charge in [-0.05, 0) is 64.2 Å². The van der Waals surface area contributed by atoms with E-state index in [9.17, 15) is 13.2 Å². The summed E-state index contributed by atoms with van der Waals surface area (Å²) < 4.78 is 33.7. The van der Waals surface area contributed by atoms with Crippen molar-refractivity contribution in [3.05, 3.63) is 17.5 Å². The highest BCUT2D eigenvalue weighted by Crippen LogP contribution is 2.41. The van der Waals surface area contributed by atoms with E-state index in [0.29, 0.717) is 37.3 Å². The summed E-state index contributed by atoms with van der Waals surface area (Å²) in [4.78, 5) is 12.6. The monoisotopic (exact) mass is 422 g/mol. The molecule has 0 spiro atoms. The number of aromatic nitrogens is 1. The van der Waals surface area contributed by atoms with E-state index in [2.05, 4.69) is 10.5 Å². The zero-order valence-corrected chi connectivity index (χ0v) is 17.4. The third-order valence-corrected chi connectivity index (χ3v) is 9.67. The normalized spacial score (nSPS) is 35.6. The molecule has 0 aromatic carbocycles. The van der Waals surface area contributed by atoms with E-state index in [1.54, 1.807) is 10.4 Å². The van der Waals surface area contributed by atoms with Crippen molar-refractivity contribution in [1.82, 2.24) is 14.8 Å². The molecule has 1 aromatic heterocycles. The van der Waals surface area contributed by atoms with Crippen LogP contribution in [0.5, 0.6) is 0 Å². The molecule has 3 heterocycles. The number of rotatable bonds is 5. The fourth-order valence-corrected chi connectivity index (χ4v) is 7.87. The average Bonchev–Trinajstić information content (AvgIpc) is 3.34. The van der Waals surface area contributed by atoms with Gasteiger partial charge in [0.1, 0.15) is 5.76 Å². The third-order valence-electron chi connectivity index (χ3n) is 7.18. The number of sulfonamides is 1. The molecule has 4 fully saturated rings. The van der Waals surface area contributed by atoms with Gasteiger partial charge >= 0.3 is 0 Å². The molecule has 1 aromatic rings. The van der Waals surface area contributed by atoms with Crippen molar-refractivity contribution < 1.29 is 17.7 Å². The van der Waals surface area contributed by atoms with Gasteiger partial charge in [0.05, 0.1) is 5.25 Å². The van der Waals surface area contributed by atoms with Gasteiger partial charge in [0.25, 0.3) is 5.91 Å². The molecule has 0 radical (unpaired) electrons. The molecule has 4 aliphatic rings. The molecular weight excluding hydrogens is 392 g/mol. The number of hydrogen-bond acceptors (Lipinski definition) is 6. The van der Waals surface area contributed by atoms with Gasteiger partial charge in [0.2, 0.25) is 10.0 Å². The van der Waals surface area contributed by atoms with Crippen molar-refractivity contribution in [2.75, 3.05) is 0 Å². The average molecular weight is 423 g/mol. The third kappa shape index (κ3) is 3.72. The first kappa shape index (κ1) is 19.5. The Bertz CT molecular complexity index is 859. The number of fused-ring (bicyclic) bond motifs is 2. The van der Waals surface area contributed by atoms with Gasteiger partial charge in [-0.3, -0.25) is 4.79 Å². The molecule has 160 valence electrons. The van der Waals surface area contributed by atoms with Crippen LogP contribution in [-0.2, 0) is 10.0 Å². The van der Waals surface area contributed by atoms with Crippen molar-refractivity contribution in [3.8, 4) is 0 Å². The maximum Gasteiger partial charge on any atom is 0.273 e. The zero-order chi connectivity index (χ0) is 20.2. The van der Waals surface area contributed by atoms with Crippen LogP contribution in [0, 0.1) is 0 Å². The lowest BCUT2D eigenvalue weighted by Crippen LogP contribution is -2.55. The van der Waals surface area contributed by atoms with Crippen LogP contribution in [0.1, 0.15) is 86.4 Å². The number of amides is 1. The molecule has 29 heavy (non-hydrogen) atoms. The Kier molecular flexibility index (Phi) is 4.95. The van der Waals surface area contributed by atoms with Crippen LogP contribution in [0.4, 0.5) is 0 Å². The first-order chi connectivity index (χ1) is 13.9. The number of carbonyl (C=O) groups is 1. The zero-order valence-electron chi connectivity index (χ0n) is 16.6. The number of nitrogens with one attached hydrogen (secondary N) is 1. The van der Waals surface area contributed by atoms with Crippen molar-refractivity contribution >= 4 is 15.9 Å². The van der Waals surface area contributed by atoms with Gasteiger partial charge in [-0.2, -0.15) is 4.31 Å². The Morgan fingerprint density at radius 1 is 1.07 bits per heavy atom. The smallest absolute Gasteiger partial charge is 0.273 e. The van der Waals surface area contributed by atoms with Crippen LogP contribution in [0.2, 0.25) is 0 Å². The van der Waals surface area contributed by atoms with E-state index in [0.717, 1.165) is 44.3 Å². The molecular formula is C20H30N4O4S. The highest BCUT2D eigenvalue weighted by atomic mass is 32.2. The molecule has 1 amide bonds. The summed E-state index contributed by atoms with van der Waals surface area (Å²) >= 11 is 0. The fraction of sp³-hybridized carbons (Fsp3) is 0.800. The topological polar surface area (TPSA) is 119 Å². The standard InChI is InChI=1S/C20H30N4O4S/c21-13-3-7-17(8-4-13)29(26,27)24-15-5-6-16(24)10-14(9-15)22-20(25)18-11-19(28-23-18)12-1-2-12/h11-17H,1-10,21H2,(H,22,25). The largest absolute Gasteiger partial charge is 0.360 e. The van der Waals surface area contributed by atoms with E-state index in [4.69, 9.17) is 10.3 Å². The first-order valence-electron chi connectivity index (χ1n) is 11.0. The summed E-state index contributed by atoms with van der Waals surface area (Å²) in [5.74, 6) is 0.994. The van der Waals surface area contributed by atoms with Gasteiger partial charge in [0.15, 0.2) is 5.69 Å². The summed E-state index contributed by atoms with van der Waals surface area (Å²) in [7, 11) is -3.31. The summed E-state index contributed by atoms with van der Waals surface area (Å²) in [5, 5.41) is 6.68. The molecule has 2 saturated heterocycles. The minimum atomic E-state index is -3.31. The van der Waals surface area contributed by atoms with E-state index in [1.165, 1.54) is 0 Å². The maximum atomic E-state index is 13.3. The number of nitrogens with two attached hydrogens (primary N) is 1. The van der Waals surface area contributed by atoms with Crippen molar-refractivity contribution in [2.24, 2.45) is 5.73 Å².